The van der Waals surface area contributed by atoms with E-state index in [1.165, 1.54) is 0 Å². The first kappa shape index (κ1) is 14.5. The summed E-state index contributed by atoms with van der Waals surface area (Å²) in [5.74, 6) is 0.912. The number of aliphatic carboxylic acids is 1. The van der Waals surface area contributed by atoms with Crippen LogP contribution in [0.3, 0.4) is 0 Å². The Hall–Kier alpha value is -1.95. The first-order valence-corrected chi connectivity index (χ1v) is 6.57. The molecule has 0 fully saturated rings. The Bertz CT molecular complexity index is 489. The third-order valence-corrected chi connectivity index (χ3v) is 3.17. The average Bonchev–Trinajstić information content (AvgIpc) is 2.68. The average molecular weight is 281 g/mol. The van der Waals surface area contributed by atoms with E-state index < -0.39 is 12.0 Å². The van der Waals surface area contributed by atoms with Crippen LogP contribution in [0.5, 0.6) is 17.2 Å². The van der Waals surface area contributed by atoms with Crippen LogP contribution in [0.25, 0.3) is 0 Å². The first-order chi connectivity index (χ1) is 9.63. The van der Waals surface area contributed by atoms with Gasteiger partial charge in [-0.25, -0.2) is 0 Å². The summed E-state index contributed by atoms with van der Waals surface area (Å²) in [6.07, 6.45) is 1.10. The molecule has 0 saturated heterocycles. The van der Waals surface area contributed by atoms with Crippen LogP contribution in [0.2, 0.25) is 0 Å². The third-order valence-electron chi connectivity index (χ3n) is 3.17. The van der Waals surface area contributed by atoms with E-state index in [0.717, 1.165) is 6.42 Å². The Kier molecular flexibility index (Phi) is 4.68. The highest BCUT2D eigenvalue weighted by atomic mass is 16.5. The van der Waals surface area contributed by atoms with Crippen molar-refractivity contribution in [1.82, 2.24) is 0 Å². The Morgan fingerprint density at radius 3 is 2.90 bits per heavy atom. The molecular weight excluding hydrogens is 262 g/mol. The molecule has 3 N–H and O–H groups in total. The summed E-state index contributed by atoms with van der Waals surface area (Å²) in [6.45, 7) is 1.13. The standard InChI is InChI=1S/C14H19NO5/c1-18-10-4-5-11-14(20-8-2-7-19-11)13(10)9(15)3-6-12(16)17/h4-5,9H,2-3,6-8,15H2,1H3,(H,16,17). The summed E-state index contributed by atoms with van der Waals surface area (Å²) in [7, 11) is 1.55. The van der Waals surface area contributed by atoms with Gasteiger partial charge in [0.1, 0.15) is 5.75 Å². The second-order valence-corrected chi connectivity index (χ2v) is 4.60. The molecule has 0 bridgehead atoms. The number of carboxylic acids is 1. The molecule has 110 valence electrons. The molecule has 1 aliphatic heterocycles. The van der Waals surface area contributed by atoms with Gasteiger partial charge in [0.25, 0.3) is 0 Å². The molecule has 1 aliphatic rings. The van der Waals surface area contributed by atoms with E-state index in [0.29, 0.717) is 42.4 Å². The van der Waals surface area contributed by atoms with Gasteiger partial charge in [-0.1, -0.05) is 0 Å². The van der Waals surface area contributed by atoms with Crippen LogP contribution in [-0.4, -0.2) is 31.4 Å². The predicted octanol–water partition coefficient (Wildman–Crippen LogP) is 1.72. The molecule has 1 aromatic carbocycles. The molecule has 0 aromatic heterocycles. The molecule has 0 spiro atoms. The van der Waals surface area contributed by atoms with Crippen molar-refractivity contribution in [2.24, 2.45) is 5.73 Å². The number of carbonyl (C=O) groups is 1. The van der Waals surface area contributed by atoms with Gasteiger partial charge in [0, 0.05) is 18.9 Å². The molecule has 0 aliphatic carbocycles. The van der Waals surface area contributed by atoms with Crippen LogP contribution in [0.1, 0.15) is 30.9 Å². The quantitative estimate of drug-likeness (QED) is 0.854. The second-order valence-electron chi connectivity index (χ2n) is 4.60. The number of fused-ring (bicyclic) bond motifs is 1. The smallest absolute Gasteiger partial charge is 0.303 e. The molecule has 1 unspecified atom stereocenters. The van der Waals surface area contributed by atoms with Gasteiger partial charge in [0.05, 0.1) is 25.9 Å². The van der Waals surface area contributed by atoms with Crippen molar-refractivity contribution in [3.05, 3.63) is 17.7 Å². The molecule has 1 aromatic rings. The Balaban J connectivity index is 2.34. The van der Waals surface area contributed by atoms with Crippen molar-refractivity contribution in [3.8, 4) is 17.2 Å². The molecule has 20 heavy (non-hydrogen) atoms. The van der Waals surface area contributed by atoms with Crippen LogP contribution in [-0.2, 0) is 4.79 Å². The predicted molar refractivity (Wildman–Crippen MR) is 72.4 cm³/mol. The van der Waals surface area contributed by atoms with Gasteiger partial charge in [0.15, 0.2) is 11.5 Å². The topological polar surface area (TPSA) is 91.0 Å². The van der Waals surface area contributed by atoms with Gasteiger partial charge < -0.3 is 25.1 Å². The fourth-order valence-corrected chi connectivity index (χ4v) is 2.19. The maximum Gasteiger partial charge on any atom is 0.303 e. The van der Waals surface area contributed by atoms with Crippen molar-refractivity contribution in [2.45, 2.75) is 25.3 Å². The summed E-state index contributed by atoms with van der Waals surface area (Å²) in [5.41, 5.74) is 6.79. The van der Waals surface area contributed by atoms with Gasteiger partial charge in [-0.2, -0.15) is 0 Å². The number of nitrogens with two attached hydrogens (primary N) is 1. The monoisotopic (exact) mass is 281 g/mol. The minimum absolute atomic E-state index is 0.00511. The van der Waals surface area contributed by atoms with Crippen LogP contribution in [0.4, 0.5) is 0 Å². The zero-order chi connectivity index (χ0) is 14.5. The van der Waals surface area contributed by atoms with Crippen molar-refractivity contribution in [3.63, 3.8) is 0 Å². The summed E-state index contributed by atoms with van der Waals surface area (Å²) < 4.78 is 16.6. The number of rotatable bonds is 5. The molecule has 2 rings (SSSR count). The van der Waals surface area contributed by atoms with Gasteiger partial charge in [-0.05, 0) is 18.6 Å². The van der Waals surface area contributed by atoms with Crippen molar-refractivity contribution < 1.29 is 24.1 Å². The lowest BCUT2D eigenvalue weighted by Gasteiger charge is -2.20. The number of carboxylic acid groups (broad SMARTS) is 1. The fraction of sp³-hybridized carbons (Fsp3) is 0.500. The lowest BCUT2D eigenvalue weighted by molar-refractivity contribution is -0.137. The van der Waals surface area contributed by atoms with Crippen molar-refractivity contribution >= 4 is 5.97 Å². The maximum absolute atomic E-state index is 10.7. The van der Waals surface area contributed by atoms with Crippen molar-refractivity contribution in [1.29, 1.82) is 0 Å². The van der Waals surface area contributed by atoms with E-state index in [4.69, 9.17) is 25.1 Å². The summed E-state index contributed by atoms with van der Waals surface area (Å²) in [6, 6.07) is 3.08. The molecular formula is C14H19NO5. The van der Waals surface area contributed by atoms with Gasteiger partial charge >= 0.3 is 5.97 Å². The zero-order valence-corrected chi connectivity index (χ0v) is 11.4. The SMILES string of the molecule is COc1ccc2c(c1C(N)CCC(=O)O)OCCCO2. The molecule has 0 radical (unpaired) electrons. The summed E-state index contributed by atoms with van der Waals surface area (Å²) >= 11 is 0. The Labute approximate surface area is 117 Å². The zero-order valence-electron chi connectivity index (χ0n) is 11.4. The fourth-order valence-electron chi connectivity index (χ4n) is 2.19. The first-order valence-electron chi connectivity index (χ1n) is 6.57. The van der Waals surface area contributed by atoms with E-state index in [9.17, 15) is 4.79 Å². The minimum Gasteiger partial charge on any atom is -0.496 e. The summed E-state index contributed by atoms with van der Waals surface area (Å²) in [4.78, 5) is 10.7. The van der Waals surface area contributed by atoms with Crippen LogP contribution < -0.4 is 19.9 Å². The molecule has 6 heteroatoms. The van der Waals surface area contributed by atoms with Crippen LogP contribution in [0.15, 0.2) is 12.1 Å². The second kappa shape index (κ2) is 6.47. The summed E-state index contributed by atoms with van der Waals surface area (Å²) in [5, 5.41) is 8.78. The molecule has 0 amide bonds. The van der Waals surface area contributed by atoms with E-state index in [2.05, 4.69) is 0 Å². The third kappa shape index (κ3) is 3.14. The lowest BCUT2D eigenvalue weighted by atomic mass is 10.00. The van der Waals surface area contributed by atoms with Crippen LogP contribution in [0, 0.1) is 0 Å². The molecule has 6 nitrogen and oxygen atoms in total. The number of hydrogen-bond donors (Lipinski definition) is 2. The highest BCUT2D eigenvalue weighted by Crippen LogP contribution is 2.42. The van der Waals surface area contributed by atoms with E-state index in [-0.39, 0.29) is 6.42 Å². The highest BCUT2D eigenvalue weighted by molar-refractivity contribution is 5.67. The number of benzene rings is 1. The molecule has 0 saturated carbocycles. The van der Waals surface area contributed by atoms with Gasteiger partial charge in [-0.15, -0.1) is 0 Å². The van der Waals surface area contributed by atoms with E-state index in [1.54, 1.807) is 19.2 Å². The number of ether oxygens (including phenoxy) is 3. The maximum atomic E-state index is 10.7. The minimum atomic E-state index is -0.876. The number of hydrogen-bond acceptors (Lipinski definition) is 5. The number of methoxy groups -OCH3 is 1. The lowest BCUT2D eigenvalue weighted by Crippen LogP contribution is -2.15. The van der Waals surface area contributed by atoms with E-state index >= 15 is 0 Å². The highest BCUT2D eigenvalue weighted by Gasteiger charge is 2.24. The Morgan fingerprint density at radius 1 is 1.45 bits per heavy atom. The van der Waals surface area contributed by atoms with E-state index in [1.807, 2.05) is 0 Å². The van der Waals surface area contributed by atoms with Gasteiger partial charge in [-0.3, -0.25) is 4.79 Å². The normalized spacial score (nSPS) is 15.3. The van der Waals surface area contributed by atoms with Crippen molar-refractivity contribution in [2.75, 3.05) is 20.3 Å². The molecule has 1 atom stereocenters. The van der Waals surface area contributed by atoms with Gasteiger partial charge in [0.2, 0.25) is 0 Å². The molecule has 1 heterocycles. The largest absolute Gasteiger partial charge is 0.496 e. The van der Waals surface area contributed by atoms with Crippen LogP contribution >= 0.6 is 0 Å². The Morgan fingerprint density at radius 2 is 2.20 bits per heavy atom.